The fourth-order valence-electron chi connectivity index (χ4n) is 8.12. The molecule has 0 radical (unpaired) electrons. The van der Waals surface area contributed by atoms with Gasteiger partial charge in [0.1, 0.15) is 23.2 Å². The van der Waals surface area contributed by atoms with Crippen molar-refractivity contribution in [3.8, 4) is 22.4 Å². The van der Waals surface area contributed by atoms with E-state index in [1.54, 1.807) is 0 Å². The van der Waals surface area contributed by atoms with Crippen LogP contribution in [0.1, 0.15) is 99.0 Å². The first-order valence-corrected chi connectivity index (χ1v) is 19.0. The zero-order chi connectivity index (χ0) is 37.8. The van der Waals surface area contributed by atoms with Crippen LogP contribution >= 0.6 is 0 Å². The van der Waals surface area contributed by atoms with Crippen molar-refractivity contribution in [1.29, 1.82) is 0 Å². The van der Waals surface area contributed by atoms with Gasteiger partial charge in [-0.25, -0.2) is 14.6 Å². The molecule has 6 atom stereocenters. The molecule has 0 saturated carbocycles. The van der Waals surface area contributed by atoms with E-state index in [9.17, 15) is 9.59 Å². The molecule has 3 unspecified atom stereocenters. The minimum absolute atomic E-state index is 0.0516. The molecule has 1 aromatic heterocycles. The molecule has 0 aliphatic carbocycles. The molecule has 4 aromatic rings. The molecule has 7 rings (SSSR count). The third kappa shape index (κ3) is 7.33. The number of hydrogen-bond acceptors (Lipinski definition) is 7. The number of likely N-dealkylation sites (tertiary alicyclic amines) is 2. The van der Waals surface area contributed by atoms with Gasteiger partial charge in [-0.1, -0.05) is 67.6 Å². The van der Waals surface area contributed by atoms with Crippen LogP contribution in [0.5, 0.6) is 0 Å². The number of aromatic amines is 1. The summed E-state index contributed by atoms with van der Waals surface area (Å²) in [5.41, 5.74) is 5.18. The topological polar surface area (TPSA) is 112 Å². The average molecular weight is 719 g/mol. The molecular formula is C43H54N6O4. The molecule has 3 N–H and O–H groups in total. The first kappa shape index (κ1) is 36.4. The largest absolute Gasteiger partial charge is 0.444 e. The SMILES string of the molecule is CC1C[C@@H](C2NC=C(c3cccc4c(-c5ccc(-c6cnc([C@@H]7CCC(C)N7C(=O)OC(C)(C)C)[nH]6)cc5)cccc34)N2)N(C(=O)OC(C)(C)C)[C@@H]1C. The van der Waals surface area contributed by atoms with Crippen LogP contribution in [-0.2, 0) is 9.47 Å². The number of nitrogens with one attached hydrogen (secondary N) is 3. The maximum Gasteiger partial charge on any atom is 0.411 e. The number of benzene rings is 3. The van der Waals surface area contributed by atoms with Gasteiger partial charge in [-0.2, -0.15) is 0 Å². The lowest BCUT2D eigenvalue weighted by Gasteiger charge is -2.34. The number of hydrogen-bond donors (Lipinski definition) is 3. The monoisotopic (exact) mass is 718 g/mol. The number of amides is 2. The van der Waals surface area contributed by atoms with Crippen LogP contribution in [-0.4, -0.2) is 67.4 Å². The van der Waals surface area contributed by atoms with Crippen LogP contribution in [0.15, 0.2) is 73.1 Å². The first-order chi connectivity index (χ1) is 25.1. The quantitative estimate of drug-likeness (QED) is 0.189. The molecule has 2 amide bonds. The van der Waals surface area contributed by atoms with Crippen molar-refractivity contribution in [3.63, 3.8) is 0 Å². The number of aromatic nitrogens is 2. The normalized spacial score (nSPS) is 24.6. The average Bonchev–Trinajstić information content (AvgIpc) is 3.90. The molecule has 3 aliphatic rings. The zero-order valence-electron chi connectivity index (χ0n) is 32.5. The van der Waals surface area contributed by atoms with Crippen LogP contribution in [0.3, 0.4) is 0 Å². The number of H-pyrrole nitrogens is 1. The third-order valence-electron chi connectivity index (χ3n) is 10.8. The van der Waals surface area contributed by atoms with Gasteiger partial charge in [0.25, 0.3) is 0 Å². The summed E-state index contributed by atoms with van der Waals surface area (Å²) in [6.45, 7) is 17.8. The predicted molar refractivity (Wildman–Crippen MR) is 210 cm³/mol. The van der Waals surface area contributed by atoms with Crippen molar-refractivity contribution in [2.45, 2.75) is 123 Å². The van der Waals surface area contributed by atoms with Crippen LogP contribution in [0, 0.1) is 5.92 Å². The first-order valence-electron chi connectivity index (χ1n) is 19.0. The highest BCUT2D eigenvalue weighted by atomic mass is 16.6. The van der Waals surface area contributed by atoms with Crippen molar-refractivity contribution < 1.29 is 19.1 Å². The summed E-state index contributed by atoms with van der Waals surface area (Å²) in [4.78, 5) is 38.4. The number of rotatable bonds is 5. The Hall–Kier alpha value is -4.99. The molecule has 0 spiro atoms. The smallest absolute Gasteiger partial charge is 0.411 e. The summed E-state index contributed by atoms with van der Waals surface area (Å²) in [7, 11) is 0. The Labute approximate surface area is 313 Å². The van der Waals surface area contributed by atoms with Crippen molar-refractivity contribution in [2.75, 3.05) is 0 Å². The van der Waals surface area contributed by atoms with Gasteiger partial charge in [-0.05, 0) is 108 Å². The molecule has 3 aromatic carbocycles. The number of imidazole rings is 1. The number of carbonyl (C=O) groups is 2. The fraction of sp³-hybridized carbons (Fsp3) is 0.465. The van der Waals surface area contributed by atoms with E-state index in [0.29, 0.717) is 5.92 Å². The number of ether oxygens (including phenoxy) is 2. The van der Waals surface area contributed by atoms with Crippen molar-refractivity contribution in [3.05, 3.63) is 84.4 Å². The second-order valence-corrected chi connectivity index (χ2v) is 17.1. The van der Waals surface area contributed by atoms with Gasteiger partial charge in [0.15, 0.2) is 0 Å². The lowest BCUT2D eigenvalue weighted by atomic mass is 9.94. The van der Waals surface area contributed by atoms with Crippen LogP contribution in [0.4, 0.5) is 9.59 Å². The fourth-order valence-corrected chi connectivity index (χ4v) is 8.12. The Kier molecular flexibility index (Phi) is 9.45. The van der Waals surface area contributed by atoms with Gasteiger partial charge in [0.05, 0.1) is 29.7 Å². The minimum atomic E-state index is -0.559. The summed E-state index contributed by atoms with van der Waals surface area (Å²) >= 11 is 0. The summed E-state index contributed by atoms with van der Waals surface area (Å²) in [6.07, 6.45) is 5.82. The van der Waals surface area contributed by atoms with Gasteiger partial charge in [-0.3, -0.25) is 9.80 Å². The van der Waals surface area contributed by atoms with Gasteiger partial charge in [0, 0.05) is 23.8 Å². The minimum Gasteiger partial charge on any atom is -0.444 e. The molecule has 10 nitrogen and oxygen atoms in total. The Balaban J connectivity index is 1.09. The summed E-state index contributed by atoms with van der Waals surface area (Å²) in [6, 6.07) is 21.4. The molecule has 0 bridgehead atoms. The van der Waals surface area contributed by atoms with Crippen molar-refractivity contribution in [2.24, 2.45) is 5.92 Å². The molecular weight excluding hydrogens is 665 g/mol. The van der Waals surface area contributed by atoms with Gasteiger partial charge >= 0.3 is 12.2 Å². The Morgan fingerprint density at radius 3 is 2.04 bits per heavy atom. The Morgan fingerprint density at radius 2 is 1.38 bits per heavy atom. The molecule has 4 heterocycles. The van der Waals surface area contributed by atoms with Crippen molar-refractivity contribution in [1.82, 2.24) is 30.4 Å². The lowest BCUT2D eigenvalue weighted by molar-refractivity contribution is 0.0113. The highest BCUT2D eigenvalue weighted by molar-refractivity contribution is 6.02. The molecule has 53 heavy (non-hydrogen) atoms. The molecule has 2 saturated heterocycles. The summed E-state index contributed by atoms with van der Waals surface area (Å²) in [5, 5.41) is 9.57. The second-order valence-electron chi connectivity index (χ2n) is 17.1. The number of carbonyl (C=O) groups excluding carboxylic acids is 2. The van der Waals surface area contributed by atoms with E-state index in [2.05, 4.69) is 97.1 Å². The Morgan fingerprint density at radius 1 is 0.774 bits per heavy atom. The third-order valence-corrected chi connectivity index (χ3v) is 10.8. The standard InChI is InChI=1S/C43H54N6O4/c1-25-22-37(49(27(25)3)41(51)53-43(7,8)9)39-45-24-35(47-39)33-15-11-13-31-30(12-10-14-32(31)33)28-17-19-29(20-18-28)34-23-44-38(46-34)36-21-16-26(2)48(36)40(50)52-42(4,5)6/h10-15,17-20,23-27,36-37,39,45,47H,16,21-22H2,1-9H3,(H,44,46)/t25?,26?,27-,36+,37+,39?/m1/s1. The molecule has 3 aliphatic heterocycles. The van der Waals surface area contributed by atoms with Crippen LogP contribution < -0.4 is 10.6 Å². The number of fused-ring (bicyclic) bond motifs is 1. The predicted octanol–water partition coefficient (Wildman–Crippen LogP) is 9.21. The number of nitrogens with zero attached hydrogens (tertiary/aromatic N) is 3. The van der Waals surface area contributed by atoms with E-state index >= 15 is 0 Å². The molecule has 2 fully saturated rings. The van der Waals surface area contributed by atoms with E-state index < -0.39 is 11.2 Å². The van der Waals surface area contributed by atoms with E-state index in [1.165, 1.54) is 0 Å². The van der Waals surface area contributed by atoms with Gasteiger partial charge in [-0.15, -0.1) is 0 Å². The van der Waals surface area contributed by atoms with Gasteiger partial charge in [0.2, 0.25) is 0 Å². The summed E-state index contributed by atoms with van der Waals surface area (Å²) in [5.74, 6) is 1.13. The van der Waals surface area contributed by atoms with Gasteiger partial charge < -0.3 is 25.1 Å². The Bertz CT molecular complexity index is 2020. The maximum absolute atomic E-state index is 13.3. The summed E-state index contributed by atoms with van der Waals surface area (Å²) < 4.78 is 11.6. The second kappa shape index (κ2) is 13.8. The zero-order valence-corrected chi connectivity index (χ0v) is 32.5. The van der Waals surface area contributed by atoms with E-state index in [-0.39, 0.29) is 42.5 Å². The van der Waals surface area contributed by atoms with Crippen LogP contribution in [0.2, 0.25) is 0 Å². The molecule has 10 heteroatoms. The maximum atomic E-state index is 13.3. The lowest BCUT2D eigenvalue weighted by Crippen LogP contribution is -2.54. The van der Waals surface area contributed by atoms with Crippen molar-refractivity contribution >= 4 is 28.7 Å². The highest BCUT2D eigenvalue weighted by Gasteiger charge is 2.46. The van der Waals surface area contributed by atoms with Crippen LogP contribution in [0.25, 0.3) is 38.9 Å². The molecule has 280 valence electrons. The van der Waals surface area contributed by atoms with E-state index in [1.807, 2.05) is 63.7 Å². The van der Waals surface area contributed by atoms with E-state index in [4.69, 9.17) is 14.5 Å². The highest BCUT2D eigenvalue weighted by Crippen LogP contribution is 2.39. The van der Waals surface area contributed by atoms with E-state index in [0.717, 1.165) is 69.5 Å².